The van der Waals surface area contributed by atoms with Crippen molar-refractivity contribution in [2.24, 2.45) is 0 Å². The van der Waals surface area contributed by atoms with Crippen molar-refractivity contribution in [1.82, 2.24) is 5.32 Å². The summed E-state index contributed by atoms with van der Waals surface area (Å²) in [5.74, 6) is 1.15. The molecule has 0 saturated carbocycles. The van der Waals surface area contributed by atoms with Crippen molar-refractivity contribution < 1.29 is 4.74 Å². The number of nitrogens with one attached hydrogen (secondary N) is 1. The van der Waals surface area contributed by atoms with Crippen molar-refractivity contribution in [2.45, 2.75) is 38.5 Å². The molecule has 0 radical (unpaired) electrons. The molecular weight excluding hydrogens is 210 g/mol. The molecule has 0 saturated heterocycles. The van der Waals surface area contributed by atoms with E-state index in [0.29, 0.717) is 0 Å². The van der Waals surface area contributed by atoms with Gasteiger partial charge >= 0.3 is 0 Å². The molecule has 0 unspecified atom stereocenters. The monoisotopic (exact) mass is 233 g/mol. The Labute approximate surface area is 104 Å². The average molecular weight is 233 g/mol. The first-order valence-electron chi connectivity index (χ1n) is 6.55. The molecule has 0 aromatic heterocycles. The van der Waals surface area contributed by atoms with Crippen LogP contribution < -0.4 is 10.1 Å². The third-order valence-corrected chi connectivity index (χ3v) is 3.66. The highest BCUT2D eigenvalue weighted by Crippen LogP contribution is 2.38. The molecule has 1 aliphatic rings. The molecule has 94 valence electrons. The zero-order chi connectivity index (χ0) is 12.3. The lowest BCUT2D eigenvalue weighted by molar-refractivity contribution is 0.277. The van der Waals surface area contributed by atoms with Crippen LogP contribution in [0.15, 0.2) is 18.2 Å². The van der Waals surface area contributed by atoms with Gasteiger partial charge in [0.25, 0.3) is 0 Å². The second-order valence-corrected chi connectivity index (χ2v) is 5.48. The summed E-state index contributed by atoms with van der Waals surface area (Å²) < 4.78 is 5.90. The minimum absolute atomic E-state index is 0.172. The van der Waals surface area contributed by atoms with Crippen LogP contribution in [0.25, 0.3) is 0 Å². The number of aryl methyl sites for hydroxylation is 1. The van der Waals surface area contributed by atoms with Crippen LogP contribution in [0.2, 0.25) is 0 Å². The zero-order valence-electron chi connectivity index (χ0n) is 11.2. The summed E-state index contributed by atoms with van der Waals surface area (Å²) >= 11 is 0. The van der Waals surface area contributed by atoms with E-state index in [-0.39, 0.29) is 5.41 Å². The third-order valence-electron chi connectivity index (χ3n) is 3.66. The average Bonchev–Trinajstić information content (AvgIpc) is 2.36. The molecule has 1 N–H and O–H groups in total. The predicted octanol–water partition coefficient (Wildman–Crippen LogP) is 2.90. The van der Waals surface area contributed by atoms with E-state index in [1.165, 1.54) is 11.1 Å². The maximum absolute atomic E-state index is 5.90. The highest BCUT2D eigenvalue weighted by molar-refractivity contribution is 5.46. The van der Waals surface area contributed by atoms with Gasteiger partial charge < -0.3 is 10.1 Å². The van der Waals surface area contributed by atoms with Gasteiger partial charge in [0, 0.05) is 5.56 Å². The summed E-state index contributed by atoms with van der Waals surface area (Å²) in [5, 5.41) is 3.23. The minimum atomic E-state index is 0.172. The number of fused-ring (bicyclic) bond motifs is 1. The summed E-state index contributed by atoms with van der Waals surface area (Å²) in [5.41, 5.74) is 2.92. The van der Waals surface area contributed by atoms with Gasteiger partial charge in [0.2, 0.25) is 0 Å². The van der Waals surface area contributed by atoms with Crippen LogP contribution in [-0.2, 0) is 11.8 Å². The molecule has 0 amide bonds. The number of para-hydroxylation sites is 1. The quantitative estimate of drug-likeness (QED) is 0.863. The largest absolute Gasteiger partial charge is 0.493 e. The van der Waals surface area contributed by atoms with Gasteiger partial charge in [-0.2, -0.15) is 0 Å². The highest BCUT2D eigenvalue weighted by Gasteiger charge is 2.26. The predicted molar refractivity (Wildman–Crippen MR) is 71.8 cm³/mol. The second-order valence-electron chi connectivity index (χ2n) is 5.48. The molecule has 17 heavy (non-hydrogen) atoms. The molecule has 1 aliphatic heterocycles. The topological polar surface area (TPSA) is 21.3 Å². The fourth-order valence-corrected chi connectivity index (χ4v) is 2.49. The van der Waals surface area contributed by atoms with E-state index in [2.05, 4.69) is 37.4 Å². The maximum atomic E-state index is 5.90. The second kappa shape index (κ2) is 5.09. The molecule has 1 aromatic rings. The molecule has 0 aliphatic carbocycles. The number of hydrogen-bond donors (Lipinski definition) is 1. The van der Waals surface area contributed by atoms with Crippen LogP contribution in [0.5, 0.6) is 5.75 Å². The molecule has 0 fully saturated rings. The van der Waals surface area contributed by atoms with E-state index in [4.69, 9.17) is 4.74 Å². The van der Waals surface area contributed by atoms with Gasteiger partial charge in [-0.25, -0.2) is 0 Å². The van der Waals surface area contributed by atoms with Gasteiger partial charge in [0.05, 0.1) is 6.61 Å². The molecular formula is C15H23NO. The Morgan fingerprint density at radius 3 is 2.94 bits per heavy atom. The third kappa shape index (κ3) is 2.63. The van der Waals surface area contributed by atoms with E-state index in [9.17, 15) is 0 Å². The van der Waals surface area contributed by atoms with E-state index < -0.39 is 0 Å². The number of hydrogen-bond acceptors (Lipinski definition) is 2. The summed E-state index contributed by atoms with van der Waals surface area (Å²) in [6, 6.07) is 6.59. The summed E-state index contributed by atoms with van der Waals surface area (Å²) in [6.07, 6.45) is 3.43. The summed E-state index contributed by atoms with van der Waals surface area (Å²) in [4.78, 5) is 0. The van der Waals surface area contributed by atoms with Gasteiger partial charge in [-0.1, -0.05) is 32.0 Å². The van der Waals surface area contributed by atoms with Gasteiger partial charge in [-0.3, -0.25) is 0 Å². The Bertz CT molecular complexity index is 385. The fraction of sp³-hybridized carbons (Fsp3) is 0.600. The van der Waals surface area contributed by atoms with Crippen molar-refractivity contribution in [3.8, 4) is 5.75 Å². The fourth-order valence-electron chi connectivity index (χ4n) is 2.49. The number of benzene rings is 1. The first-order chi connectivity index (χ1) is 8.15. The SMILES string of the molecule is CNCCC(C)(C)c1cccc2c1OCCC2. The molecule has 2 heteroatoms. The number of ether oxygens (including phenoxy) is 1. The molecule has 0 bridgehead atoms. The van der Waals surface area contributed by atoms with Crippen LogP contribution >= 0.6 is 0 Å². The first kappa shape index (κ1) is 12.4. The van der Waals surface area contributed by atoms with E-state index >= 15 is 0 Å². The number of rotatable bonds is 4. The molecule has 2 nitrogen and oxygen atoms in total. The van der Waals surface area contributed by atoms with Crippen LogP contribution in [0.1, 0.15) is 37.8 Å². The van der Waals surface area contributed by atoms with Crippen LogP contribution in [0.3, 0.4) is 0 Å². The van der Waals surface area contributed by atoms with E-state index in [1.54, 1.807) is 0 Å². The lowest BCUT2D eigenvalue weighted by Crippen LogP contribution is -2.25. The van der Waals surface area contributed by atoms with E-state index in [0.717, 1.165) is 38.2 Å². The first-order valence-corrected chi connectivity index (χ1v) is 6.55. The normalized spacial score (nSPS) is 15.2. The molecule has 1 aromatic carbocycles. The van der Waals surface area contributed by atoms with Crippen LogP contribution in [0.4, 0.5) is 0 Å². The van der Waals surface area contributed by atoms with Gasteiger partial charge in [0.1, 0.15) is 5.75 Å². The maximum Gasteiger partial charge on any atom is 0.126 e. The van der Waals surface area contributed by atoms with E-state index in [1.807, 2.05) is 7.05 Å². The molecule has 1 heterocycles. The smallest absolute Gasteiger partial charge is 0.126 e. The molecule has 0 atom stereocenters. The summed E-state index contributed by atoms with van der Waals surface area (Å²) in [7, 11) is 2.01. The van der Waals surface area contributed by atoms with Crippen molar-refractivity contribution in [3.05, 3.63) is 29.3 Å². The Morgan fingerprint density at radius 1 is 1.35 bits per heavy atom. The highest BCUT2D eigenvalue weighted by atomic mass is 16.5. The summed E-state index contributed by atoms with van der Waals surface area (Å²) in [6.45, 7) is 6.51. The van der Waals surface area contributed by atoms with Crippen molar-refractivity contribution in [2.75, 3.05) is 20.2 Å². The van der Waals surface area contributed by atoms with Gasteiger partial charge in [-0.15, -0.1) is 0 Å². The Kier molecular flexibility index (Phi) is 3.72. The standard InChI is InChI=1S/C15H23NO/c1-15(2,9-10-16-3)13-8-4-6-12-7-5-11-17-14(12)13/h4,6,8,16H,5,7,9-11H2,1-3H3. The van der Waals surface area contributed by atoms with Crippen molar-refractivity contribution >= 4 is 0 Å². The van der Waals surface area contributed by atoms with Crippen molar-refractivity contribution in [3.63, 3.8) is 0 Å². The van der Waals surface area contributed by atoms with Gasteiger partial charge in [-0.05, 0) is 43.8 Å². The Balaban J connectivity index is 2.31. The molecule has 2 rings (SSSR count). The van der Waals surface area contributed by atoms with Crippen LogP contribution in [-0.4, -0.2) is 20.2 Å². The van der Waals surface area contributed by atoms with Crippen molar-refractivity contribution in [1.29, 1.82) is 0 Å². The Morgan fingerprint density at radius 2 is 2.18 bits per heavy atom. The van der Waals surface area contributed by atoms with Gasteiger partial charge in [0.15, 0.2) is 0 Å². The minimum Gasteiger partial charge on any atom is -0.493 e. The lowest BCUT2D eigenvalue weighted by Gasteiger charge is -2.30. The van der Waals surface area contributed by atoms with Crippen LogP contribution in [0, 0.1) is 0 Å². The zero-order valence-corrected chi connectivity index (χ0v) is 11.2. The lowest BCUT2D eigenvalue weighted by atomic mass is 9.79. The molecule has 0 spiro atoms. The Hall–Kier alpha value is -1.02.